The van der Waals surface area contributed by atoms with Gasteiger partial charge in [-0.25, -0.2) is 4.39 Å². The van der Waals surface area contributed by atoms with Crippen molar-refractivity contribution in [3.8, 4) is 0 Å². The number of carbonyl (C=O) groups is 2. The Morgan fingerprint density at radius 3 is 2.45 bits per heavy atom. The summed E-state index contributed by atoms with van der Waals surface area (Å²) in [5.74, 6) is -2.98. The van der Waals surface area contributed by atoms with Crippen molar-refractivity contribution < 1.29 is 27.2 Å². The highest BCUT2D eigenvalue weighted by Gasteiger charge is 2.35. The van der Waals surface area contributed by atoms with Crippen molar-refractivity contribution >= 4 is 11.8 Å². The molecule has 8 heteroatoms. The predicted octanol–water partition coefficient (Wildman–Crippen LogP) is 1.71. The van der Waals surface area contributed by atoms with Crippen LogP contribution in [-0.2, 0) is 11.0 Å². The molecule has 1 aromatic carbocycles. The van der Waals surface area contributed by atoms with Gasteiger partial charge in [-0.05, 0) is 12.1 Å². The lowest BCUT2D eigenvalue weighted by Crippen LogP contribution is -2.30. The van der Waals surface area contributed by atoms with E-state index >= 15 is 0 Å². The Kier molecular flexibility index (Phi) is 5.06. The molecule has 0 unspecified atom stereocenters. The fourth-order valence-corrected chi connectivity index (χ4v) is 1.44. The molecule has 0 atom stereocenters. The van der Waals surface area contributed by atoms with Crippen molar-refractivity contribution in [2.75, 3.05) is 13.6 Å². The number of amides is 2. The van der Waals surface area contributed by atoms with Crippen LogP contribution < -0.4 is 10.6 Å². The van der Waals surface area contributed by atoms with Gasteiger partial charge in [-0.3, -0.25) is 9.59 Å². The quantitative estimate of drug-likeness (QED) is 0.830. The van der Waals surface area contributed by atoms with Gasteiger partial charge in [0.05, 0.1) is 11.1 Å². The molecule has 0 aromatic heterocycles. The molecule has 2 N–H and O–H groups in total. The van der Waals surface area contributed by atoms with Gasteiger partial charge in [-0.2, -0.15) is 13.2 Å². The fraction of sp³-hybridized carbons (Fsp3) is 0.333. The number of carbonyl (C=O) groups excluding carboxylic acids is 2. The van der Waals surface area contributed by atoms with Crippen LogP contribution >= 0.6 is 0 Å². The van der Waals surface area contributed by atoms with Crippen LogP contribution in [0.25, 0.3) is 0 Å². The molecule has 0 saturated heterocycles. The number of hydrogen-bond donors (Lipinski definition) is 2. The Morgan fingerprint density at radius 2 is 1.90 bits per heavy atom. The zero-order valence-electron chi connectivity index (χ0n) is 10.5. The Balaban J connectivity index is 2.82. The minimum absolute atomic E-state index is 0.0528. The van der Waals surface area contributed by atoms with Crippen LogP contribution in [0.4, 0.5) is 17.6 Å². The molecule has 0 aliphatic rings. The van der Waals surface area contributed by atoms with Crippen molar-refractivity contribution in [1.29, 1.82) is 0 Å². The lowest BCUT2D eigenvalue weighted by atomic mass is 10.1. The van der Waals surface area contributed by atoms with Crippen LogP contribution in [0.5, 0.6) is 0 Å². The molecule has 0 saturated carbocycles. The molecule has 0 aliphatic heterocycles. The zero-order valence-corrected chi connectivity index (χ0v) is 10.5. The second kappa shape index (κ2) is 6.36. The lowest BCUT2D eigenvalue weighted by Gasteiger charge is -2.11. The maximum absolute atomic E-state index is 13.6. The molecule has 0 spiro atoms. The number of rotatable bonds is 4. The first-order valence-corrected chi connectivity index (χ1v) is 5.62. The molecule has 0 fully saturated rings. The van der Waals surface area contributed by atoms with E-state index in [1.165, 1.54) is 7.05 Å². The molecule has 20 heavy (non-hydrogen) atoms. The Labute approximate surface area is 112 Å². The van der Waals surface area contributed by atoms with Crippen LogP contribution in [0.3, 0.4) is 0 Å². The minimum atomic E-state index is -4.87. The van der Waals surface area contributed by atoms with Crippen molar-refractivity contribution in [3.05, 3.63) is 35.1 Å². The molecule has 110 valence electrons. The summed E-state index contributed by atoms with van der Waals surface area (Å²) in [5, 5.41) is 4.48. The second-order valence-corrected chi connectivity index (χ2v) is 3.84. The van der Waals surface area contributed by atoms with Gasteiger partial charge >= 0.3 is 6.18 Å². The second-order valence-electron chi connectivity index (χ2n) is 3.84. The number of alkyl halides is 3. The maximum Gasteiger partial charge on any atom is 0.419 e. The van der Waals surface area contributed by atoms with E-state index in [2.05, 4.69) is 10.6 Å². The largest absolute Gasteiger partial charge is 0.419 e. The Morgan fingerprint density at radius 1 is 1.25 bits per heavy atom. The number of benzene rings is 1. The van der Waals surface area contributed by atoms with E-state index in [0.717, 1.165) is 12.1 Å². The van der Waals surface area contributed by atoms with Gasteiger partial charge in [0, 0.05) is 20.0 Å². The third-order valence-electron chi connectivity index (χ3n) is 2.47. The van der Waals surface area contributed by atoms with Crippen LogP contribution in [0.2, 0.25) is 0 Å². The summed E-state index contributed by atoms with van der Waals surface area (Å²) in [6.45, 7) is -0.103. The zero-order chi connectivity index (χ0) is 15.3. The van der Waals surface area contributed by atoms with E-state index in [1.54, 1.807) is 0 Å². The van der Waals surface area contributed by atoms with Gasteiger partial charge in [-0.1, -0.05) is 6.07 Å². The fourth-order valence-electron chi connectivity index (χ4n) is 1.44. The number of nitrogens with one attached hydrogen (secondary N) is 2. The first-order chi connectivity index (χ1) is 9.27. The summed E-state index contributed by atoms with van der Waals surface area (Å²) in [4.78, 5) is 22.5. The van der Waals surface area contributed by atoms with Crippen LogP contribution in [0.15, 0.2) is 18.2 Å². The van der Waals surface area contributed by atoms with E-state index in [1.807, 2.05) is 0 Å². The highest BCUT2D eigenvalue weighted by atomic mass is 19.4. The van der Waals surface area contributed by atoms with Gasteiger partial charge in [-0.15, -0.1) is 0 Å². The van der Waals surface area contributed by atoms with Crippen LogP contribution in [0, 0.1) is 5.82 Å². The molecule has 0 bridgehead atoms. The van der Waals surface area contributed by atoms with Crippen LogP contribution in [-0.4, -0.2) is 25.4 Å². The molecule has 1 rings (SSSR count). The smallest absolute Gasteiger partial charge is 0.359 e. The Bertz CT molecular complexity index is 515. The van der Waals surface area contributed by atoms with Gasteiger partial charge in [0.15, 0.2) is 0 Å². The molecule has 1 aromatic rings. The van der Waals surface area contributed by atoms with E-state index in [-0.39, 0.29) is 18.9 Å². The first kappa shape index (κ1) is 15.9. The first-order valence-electron chi connectivity index (χ1n) is 5.62. The summed E-state index contributed by atoms with van der Waals surface area (Å²) in [6, 6.07) is 2.44. The van der Waals surface area contributed by atoms with Crippen LogP contribution in [0.1, 0.15) is 22.3 Å². The number of hydrogen-bond acceptors (Lipinski definition) is 2. The van der Waals surface area contributed by atoms with Crippen molar-refractivity contribution in [1.82, 2.24) is 10.6 Å². The SMILES string of the molecule is CNC(=O)CCNC(=O)c1cccc(C(F)(F)F)c1F. The minimum Gasteiger partial charge on any atom is -0.359 e. The molecular formula is C12H12F4N2O2. The van der Waals surface area contributed by atoms with Gasteiger partial charge in [0.2, 0.25) is 5.91 Å². The maximum atomic E-state index is 13.6. The summed E-state index contributed by atoms with van der Waals surface area (Å²) in [7, 11) is 1.40. The predicted molar refractivity (Wildman–Crippen MR) is 62.4 cm³/mol. The Hall–Kier alpha value is -2.12. The van der Waals surface area contributed by atoms with Gasteiger partial charge < -0.3 is 10.6 Å². The third-order valence-corrected chi connectivity index (χ3v) is 2.47. The normalized spacial score (nSPS) is 11.1. The van der Waals surface area contributed by atoms with Crippen molar-refractivity contribution in [3.63, 3.8) is 0 Å². The standard InChI is InChI=1S/C12H12F4N2O2/c1-17-9(19)5-6-18-11(20)7-3-2-4-8(10(7)13)12(14,15)16/h2-4H,5-6H2,1H3,(H,17,19)(H,18,20). The van der Waals surface area contributed by atoms with E-state index in [9.17, 15) is 27.2 Å². The van der Waals surface area contributed by atoms with E-state index in [0.29, 0.717) is 6.07 Å². The summed E-state index contributed by atoms with van der Waals surface area (Å²) < 4.78 is 51.0. The molecular weight excluding hydrogens is 280 g/mol. The molecule has 4 nitrogen and oxygen atoms in total. The summed E-state index contributed by atoms with van der Waals surface area (Å²) in [5.41, 5.74) is -2.21. The van der Waals surface area contributed by atoms with Gasteiger partial charge in [0.1, 0.15) is 5.82 Å². The topological polar surface area (TPSA) is 58.2 Å². The molecule has 0 aliphatic carbocycles. The highest BCUT2D eigenvalue weighted by Crippen LogP contribution is 2.32. The molecule has 0 heterocycles. The van der Waals surface area contributed by atoms with Gasteiger partial charge in [0.25, 0.3) is 5.91 Å². The summed E-state index contributed by atoms with van der Waals surface area (Å²) >= 11 is 0. The molecule has 2 amide bonds. The number of halogens is 4. The average Bonchev–Trinajstić information content (AvgIpc) is 2.37. The van der Waals surface area contributed by atoms with Crippen molar-refractivity contribution in [2.45, 2.75) is 12.6 Å². The summed E-state index contributed by atoms with van der Waals surface area (Å²) in [6.07, 6.45) is -4.93. The monoisotopic (exact) mass is 292 g/mol. The third kappa shape index (κ3) is 3.94. The lowest BCUT2D eigenvalue weighted by molar-refractivity contribution is -0.140. The van der Waals surface area contributed by atoms with Crippen molar-refractivity contribution in [2.24, 2.45) is 0 Å². The molecule has 0 radical (unpaired) electrons. The average molecular weight is 292 g/mol. The highest BCUT2D eigenvalue weighted by molar-refractivity contribution is 5.95. The van der Waals surface area contributed by atoms with E-state index < -0.39 is 29.0 Å². The van der Waals surface area contributed by atoms with E-state index in [4.69, 9.17) is 0 Å².